The number of morpholine rings is 1. The van der Waals surface area contributed by atoms with Gasteiger partial charge in [-0.3, -0.25) is 4.90 Å². The molecule has 0 aliphatic carbocycles. The minimum atomic E-state index is 0.197. The second-order valence-corrected chi connectivity index (χ2v) is 5.54. The molecule has 1 aliphatic rings. The van der Waals surface area contributed by atoms with Gasteiger partial charge in [0.25, 0.3) is 0 Å². The molecular weight excluding hydrogens is 234 g/mol. The fourth-order valence-corrected chi connectivity index (χ4v) is 3.20. The summed E-state index contributed by atoms with van der Waals surface area (Å²) in [5, 5.41) is 6.42. The lowest BCUT2D eigenvalue weighted by Crippen LogP contribution is -2.51. The molecule has 1 saturated heterocycles. The second kappa shape index (κ2) is 5.91. The zero-order valence-electron chi connectivity index (χ0n) is 10.7. The minimum Gasteiger partial charge on any atom is -0.373 e. The maximum atomic E-state index is 5.90. The molecule has 17 heavy (non-hydrogen) atoms. The van der Waals surface area contributed by atoms with Crippen LogP contribution in [0.5, 0.6) is 0 Å². The molecule has 1 aliphatic heterocycles. The second-order valence-electron chi connectivity index (χ2n) is 4.61. The third-order valence-electron chi connectivity index (χ3n) is 3.16. The molecule has 0 bridgehead atoms. The van der Waals surface area contributed by atoms with Crippen LogP contribution in [-0.2, 0) is 4.74 Å². The Morgan fingerprint density at radius 3 is 3.06 bits per heavy atom. The number of likely N-dealkylation sites (N-methyl/N-ethyl adjacent to an activating group) is 1. The van der Waals surface area contributed by atoms with Crippen LogP contribution in [0.3, 0.4) is 0 Å². The van der Waals surface area contributed by atoms with Crippen LogP contribution in [0.15, 0.2) is 11.6 Å². The molecular formula is C12H21N3OS. The van der Waals surface area contributed by atoms with Gasteiger partial charge in [-0.05, 0) is 20.9 Å². The molecule has 5 heteroatoms. The zero-order chi connectivity index (χ0) is 12.3. The summed E-state index contributed by atoms with van der Waals surface area (Å²) >= 11 is 1.72. The van der Waals surface area contributed by atoms with E-state index in [-0.39, 0.29) is 12.1 Å². The Morgan fingerprint density at radius 1 is 1.65 bits per heavy atom. The summed E-state index contributed by atoms with van der Waals surface area (Å²) < 4.78 is 5.90. The molecule has 1 fully saturated rings. The largest absolute Gasteiger partial charge is 0.373 e. The molecule has 1 aromatic heterocycles. The number of rotatable bonds is 4. The Balaban J connectivity index is 2.22. The van der Waals surface area contributed by atoms with E-state index in [9.17, 15) is 0 Å². The van der Waals surface area contributed by atoms with Crippen molar-refractivity contribution in [2.24, 2.45) is 0 Å². The van der Waals surface area contributed by atoms with Gasteiger partial charge in [0.1, 0.15) is 5.01 Å². The van der Waals surface area contributed by atoms with Crippen molar-refractivity contribution >= 4 is 11.3 Å². The molecule has 0 amide bonds. The summed E-state index contributed by atoms with van der Waals surface area (Å²) in [4.78, 5) is 6.96. The quantitative estimate of drug-likeness (QED) is 0.885. The SMILES string of the molecule is CNCC1OCCN(C(C)C)C1c1nccs1. The highest BCUT2D eigenvalue weighted by Crippen LogP contribution is 2.32. The van der Waals surface area contributed by atoms with Gasteiger partial charge in [-0.25, -0.2) is 4.98 Å². The Labute approximate surface area is 107 Å². The molecule has 0 saturated carbocycles. The Hall–Kier alpha value is -0.490. The van der Waals surface area contributed by atoms with Crippen LogP contribution >= 0.6 is 11.3 Å². The minimum absolute atomic E-state index is 0.197. The number of hydrogen-bond donors (Lipinski definition) is 1. The standard InChI is InChI=1S/C12H21N3OS/c1-9(2)15-5-6-16-10(8-13-3)11(15)12-14-4-7-17-12/h4,7,9-11,13H,5-6,8H2,1-3H3. The highest BCUT2D eigenvalue weighted by Gasteiger charge is 2.35. The topological polar surface area (TPSA) is 37.4 Å². The van der Waals surface area contributed by atoms with Crippen molar-refractivity contribution in [3.05, 3.63) is 16.6 Å². The molecule has 1 aromatic rings. The Bertz CT molecular complexity index is 327. The normalized spacial score (nSPS) is 26.6. The highest BCUT2D eigenvalue weighted by atomic mass is 32.1. The van der Waals surface area contributed by atoms with E-state index in [1.807, 2.05) is 18.6 Å². The van der Waals surface area contributed by atoms with Crippen molar-refractivity contribution in [3.8, 4) is 0 Å². The lowest BCUT2D eigenvalue weighted by Gasteiger charge is -2.42. The van der Waals surface area contributed by atoms with Crippen LogP contribution in [0.1, 0.15) is 24.9 Å². The van der Waals surface area contributed by atoms with Gasteiger partial charge in [0, 0.05) is 30.7 Å². The highest BCUT2D eigenvalue weighted by molar-refractivity contribution is 7.09. The van der Waals surface area contributed by atoms with Gasteiger partial charge in [-0.15, -0.1) is 11.3 Å². The van der Waals surface area contributed by atoms with E-state index >= 15 is 0 Å². The van der Waals surface area contributed by atoms with Crippen LogP contribution < -0.4 is 5.32 Å². The summed E-state index contributed by atoms with van der Waals surface area (Å²) in [5.41, 5.74) is 0. The lowest BCUT2D eigenvalue weighted by molar-refractivity contribution is -0.0815. The van der Waals surface area contributed by atoms with Gasteiger partial charge in [-0.1, -0.05) is 0 Å². The monoisotopic (exact) mass is 255 g/mol. The smallest absolute Gasteiger partial charge is 0.112 e. The third-order valence-corrected chi connectivity index (χ3v) is 4.01. The molecule has 4 nitrogen and oxygen atoms in total. The van der Waals surface area contributed by atoms with E-state index in [4.69, 9.17) is 4.74 Å². The van der Waals surface area contributed by atoms with E-state index < -0.39 is 0 Å². The average Bonchev–Trinajstić information content (AvgIpc) is 2.82. The number of thiazole rings is 1. The van der Waals surface area contributed by atoms with Gasteiger partial charge in [-0.2, -0.15) is 0 Å². The fourth-order valence-electron chi connectivity index (χ4n) is 2.39. The van der Waals surface area contributed by atoms with Crippen molar-refractivity contribution < 1.29 is 4.74 Å². The molecule has 0 radical (unpaired) electrons. The number of nitrogens with zero attached hydrogens (tertiary/aromatic N) is 2. The van der Waals surface area contributed by atoms with Gasteiger partial charge < -0.3 is 10.1 Å². The summed E-state index contributed by atoms with van der Waals surface area (Å²) in [6.07, 6.45) is 2.08. The molecule has 0 aromatic carbocycles. The first kappa shape index (κ1) is 13.0. The van der Waals surface area contributed by atoms with E-state index in [1.54, 1.807) is 11.3 Å². The molecule has 2 heterocycles. The van der Waals surface area contributed by atoms with Gasteiger partial charge in [0.05, 0.1) is 18.8 Å². The van der Waals surface area contributed by atoms with Crippen LogP contribution in [0, 0.1) is 0 Å². The predicted octanol–water partition coefficient (Wildman–Crippen LogP) is 1.51. The Morgan fingerprint density at radius 2 is 2.47 bits per heavy atom. The maximum absolute atomic E-state index is 5.90. The first-order valence-electron chi connectivity index (χ1n) is 6.15. The van der Waals surface area contributed by atoms with Crippen molar-refractivity contribution in [2.45, 2.75) is 32.0 Å². The van der Waals surface area contributed by atoms with Crippen molar-refractivity contribution in [1.82, 2.24) is 15.2 Å². The van der Waals surface area contributed by atoms with Gasteiger partial charge in [0.15, 0.2) is 0 Å². The van der Waals surface area contributed by atoms with Crippen LogP contribution in [-0.4, -0.2) is 48.8 Å². The maximum Gasteiger partial charge on any atom is 0.112 e. The van der Waals surface area contributed by atoms with Crippen LogP contribution in [0.4, 0.5) is 0 Å². The van der Waals surface area contributed by atoms with Crippen LogP contribution in [0.2, 0.25) is 0 Å². The molecule has 2 atom stereocenters. The zero-order valence-corrected chi connectivity index (χ0v) is 11.5. The number of aromatic nitrogens is 1. The number of hydrogen-bond acceptors (Lipinski definition) is 5. The van der Waals surface area contributed by atoms with Crippen LogP contribution in [0.25, 0.3) is 0 Å². The van der Waals surface area contributed by atoms with E-state index in [2.05, 4.69) is 29.0 Å². The summed E-state index contributed by atoms with van der Waals surface area (Å²) in [6, 6.07) is 0.809. The molecule has 96 valence electrons. The summed E-state index contributed by atoms with van der Waals surface area (Å²) in [6.45, 7) is 7.15. The van der Waals surface area contributed by atoms with E-state index in [0.29, 0.717) is 6.04 Å². The molecule has 0 spiro atoms. The third kappa shape index (κ3) is 2.85. The van der Waals surface area contributed by atoms with Crippen molar-refractivity contribution in [2.75, 3.05) is 26.7 Å². The van der Waals surface area contributed by atoms with E-state index in [0.717, 1.165) is 19.7 Å². The average molecular weight is 255 g/mol. The van der Waals surface area contributed by atoms with Crippen molar-refractivity contribution in [1.29, 1.82) is 0 Å². The Kier molecular flexibility index (Phi) is 4.50. The lowest BCUT2D eigenvalue weighted by atomic mass is 10.1. The van der Waals surface area contributed by atoms with Crippen molar-refractivity contribution in [3.63, 3.8) is 0 Å². The fraction of sp³-hybridized carbons (Fsp3) is 0.750. The van der Waals surface area contributed by atoms with E-state index in [1.165, 1.54) is 5.01 Å². The predicted molar refractivity (Wildman–Crippen MR) is 70.4 cm³/mol. The van der Waals surface area contributed by atoms with Gasteiger partial charge >= 0.3 is 0 Å². The molecule has 1 N–H and O–H groups in total. The molecule has 2 unspecified atom stereocenters. The number of nitrogens with one attached hydrogen (secondary N) is 1. The molecule has 2 rings (SSSR count). The summed E-state index contributed by atoms with van der Waals surface area (Å²) in [5.74, 6) is 0. The first-order chi connectivity index (χ1) is 8.24. The summed E-state index contributed by atoms with van der Waals surface area (Å²) in [7, 11) is 1.97. The first-order valence-corrected chi connectivity index (χ1v) is 7.03. The number of ether oxygens (including phenoxy) is 1. The van der Waals surface area contributed by atoms with Gasteiger partial charge in [0.2, 0.25) is 0 Å².